The summed E-state index contributed by atoms with van der Waals surface area (Å²) in [5.41, 5.74) is -2.15. The van der Waals surface area contributed by atoms with Crippen LogP contribution in [0.1, 0.15) is 31.4 Å². The molecule has 0 aliphatic heterocycles. The molecule has 0 spiro atoms. The second kappa shape index (κ2) is 9.60. The van der Waals surface area contributed by atoms with Gasteiger partial charge in [-0.15, -0.1) is 0 Å². The van der Waals surface area contributed by atoms with Crippen LogP contribution in [-0.2, 0) is 41.0 Å². The van der Waals surface area contributed by atoms with E-state index < -0.39 is 65.7 Å². The van der Waals surface area contributed by atoms with Crippen LogP contribution in [0, 0.1) is 0 Å². The first-order valence-corrected chi connectivity index (χ1v) is 12.0. The molecule has 0 amide bonds. The van der Waals surface area contributed by atoms with Gasteiger partial charge in [-0.25, -0.2) is 0 Å². The number of hydrogen-bond acceptors (Lipinski definition) is 6. The minimum Gasteiger partial charge on any atom is -0.261 e. The van der Waals surface area contributed by atoms with Crippen LogP contribution < -0.4 is 0 Å². The second-order valence-corrected chi connectivity index (χ2v) is 9.94. The SMILES string of the molecule is CCC(OS(=O)(=O)c1ccc(C(F)(F)F)cc1)C(C)OS(=O)(=O)c1ccc(C(F)(F)F)cc1. The molecule has 0 aliphatic carbocycles. The fraction of sp³-hybridized carbons (Fsp3) is 0.368. The topological polar surface area (TPSA) is 86.7 Å². The van der Waals surface area contributed by atoms with E-state index in [4.69, 9.17) is 8.37 Å². The summed E-state index contributed by atoms with van der Waals surface area (Å²) in [5, 5.41) is 0. The lowest BCUT2D eigenvalue weighted by atomic mass is 10.2. The predicted molar refractivity (Wildman–Crippen MR) is 103 cm³/mol. The third kappa shape index (κ3) is 6.91. The van der Waals surface area contributed by atoms with E-state index in [-0.39, 0.29) is 6.42 Å². The molecule has 0 radical (unpaired) electrons. The van der Waals surface area contributed by atoms with E-state index in [0.717, 1.165) is 6.92 Å². The Bertz CT molecular complexity index is 1160. The maximum atomic E-state index is 12.7. The Hall–Kier alpha value is -2.16. The monoisotopic (exact) mass is 520 g/mol. The van der Waals surface area contributed by atoms with Crippen molar-refractivity contribution in [2.45, 2.75) is 54.6 Å². The zero-order valence-corrected chi connectivity index (χ0v) is 18.6. The third-order valence-corrected chi connectivity index (χ3v) is 7.15. The Balaban J connectivity index is 2.17. The molecule has 2 aromatic carbocycles. The van der Waals surface area contributed by atoms with Crippen LogP contribution in [0.2, 0.25) is 0 Å². The van der Waals surface area contributed by atoms with Crippen molar-refractivity contribution in [2.75, 3.05) is 0 Å². The van der Waals surface area contributed by atoms with Crippen molar-refractivity contribution in [3.63, 3.8) is 0 Å². The minimum absolute atomic E-state index is 0.0798. The first kappa shape index (κ1) is 27.1. The molecular weight excluding hydrogens is 502 g/mol. The van der Waals surface area contributed by atoms with E-state index >= 15 is 0 Å². The lowest BCUT2D eigenvalue weighted by Crippen LogP contribution is -2.32. The molecule has 0 saturated carbocycles. The maximum absolute atomic E-state index is 12.7. The number of rotatable bonds is 8. The van der Waals surface area contributed by atoms with Crippen LogP contribution >= 0.6 is 0 Å². The van der Waals surface area contributed by atoms with E-state index in [1.54, 1.807) is 0 Å². The minimum atomic E-state index is -4.68. The standard InChI is InChI=1S/C19H18F6O6S2/c1-3-17(31-33(28,29)16-10-6-14(7-11-16)19(23,24)25)12(2)30-32(26,27)15-8-4-13(5-9-15)18(20,21)22/h4-12,17H,3H2,1-2H3. The molecule has 0 bridgehead atoms. The zero-order valence-electron chi connectivity index (χ0n) is 17.0. The van der Waals surface area contributed by atoms with Gasteiger partial charge in [0.15, 0.2) is 0 Å². The summed E-state index contributed by atoms with van der Waals surface area (Å²) in [6.45, 7) is 2.61. The highest BCUT2D eigenvalue weighted by Gasteiger charge is 2.34. The quantitative estimate of drug-likeness (QED) is 0.360. The summed E-state index contributed by atoms with van der Waals surface area (Å²) in [7, 11) is -9.17. The van der Waals surface area contributed by atoms with Crippen LogP contribution in [0.25, 0.3) is 0 Å². The smallest absolute Gasteiger partial charge is 0.261 e. The zero-order chi connectivity index (χ0) is 25.2. The van der Waals surface area contributed by atoms with Gasteiger partial charge in [0.05, 0.1) is 20.9 Å². The van der Waals surface area contributed by atoms with E-state index in [9.17, 15) is 43.2 Å². The third-order valence-electron chi connectivity index (χ3n) is 4.40. The fourth-order valence-corrected chi connectivity index (χ4v) is 4.94. The Morgan fingerprint density at radius 2 is 1.03 bits per heavy atom. The number of benzene rings is 2. The van der Waals surface area contributed by atoms with Gasteiger partial charge < -0.3 is 0 Å². The van der Waals surface area contributed by atoms with Crippen LogP contribution in [0.3, 0.4) is 0 Å². The van der Waals surface area contributed by atoms with Gasteiger partial charge in [-0.05, 0) is 61.9 Å². The van der Waals surface area contributed by atoms with Gasteiger partial charge in [0.1, 0.15) is 12.2 Å². The number of halogens is 6. The van der Waals surface area contributed by atoms with Crippen molar-refractivity contribution in [1.29, 1.82) is 0 Å². The van der Waals surface area contributed by atoms with Crippen molar-refractivity contribution < 1.29 is 51.5 Å². The Labute approximate surface area is 186 Å². The lowest BCUT2D eigenvalue weighted by molar-refractivity contribution is -0.138. The van der Waals surface area contributed by atoms with Crippen LogP contribution in [0.15, 0.2) is 58.3 Å². The highest BCUT2D eigenvalue weighted by Crippen LogP contribution is 2.31. The average molecular weight is 520 g/mol. The Kier molecular flexibility index (Phi) is 7.88. The molecule has 2 rings (SSSR count). The maximum Gasteiger partial charge on any atom is 0.416 e. The first-order valence-electron chi connectivity index (χ1n) is 9.18. The van der Waals surface area contributed by atoms with Gasteiger partial charge >= 0.3 is 12.4 Å². The number of alkyl halides is 6. The van der Waals surface area contributed by atoms with Crippen molar-refractivity contribution in [3.05, 3.63) is 59.7 Å². The van der Waals surface area contributed by atoms with Crippen LogP contribution in [0.4, 0.5) is 26.3 Å². The fourth-order valence-electron chi connectivity index (χ4n) is 2.63. The molecule has 2 atom stereocenters. The molecule has 0 N–H and O–H groups in total. The first-order chi connectivity index (χ1) is 15.0. The molecular formula is C19H18F6O6S2. The molecule has 0 aromatic heterocycles. The summed E-state index contributed by atoms with van der Waals surface area (Å²) in [4.78, 5) is -1.19. The summed E-state index contributed by atoms with van der Waals surface area (Å²) < 4.78 is 135. The summed E-state index contributed by atoms with van der Waals surface area (Å²) >= 11 is 0. The van der Waals surface area contributed by atoms with Gasteiger partial charge in [0, 0.05) is 0 Å². The van der Waals surface area contributed by atoms with Crippen molar-refractivity contribution in [3.8, 4) is 0 Å². The van der Waals surface area contributed by atoms with E-state index in [0.29, 0.717) is 48.5 Å². The van der Waals surface area contributed by atoms with Crippen molar-refractivity contribution in [1.82, 2.24) is 0 Å². The van der Waals surface area contributed by atoms with Gasteiger partial charge in [0.2, 0.25) is 0 Å². The predicted octanol–water partition coefficient (Wildman–Crippen LogP) is 5.00. The lowest BCUT2D eigenvalue weighted by Gasteiger charge is -2.22. The summed E-state index contributed by atoms with van der Waals surface area (Å²) in [6, 6.07) is 4.94. The molecule has 2 unspecified atom stereocenters. The molecule has 6 nitrogen and oxygen atoms in total. The second-order valence-electron chi connectivity index (χ2n) is 6.80. The highest BCUT2D eigenvalue weighted by molar-refractivity contribution is 7.87. The van der Waals surface area contributed by atoms with Crippen molar-refractivity contribution in [2.24, 2.45) is 0 Å². The molecule has 184 valence electrons. The van der Waals surface area contributed by atoms with Gasteiger partial charge in [-0.2, -0.15) is 43.2 Å². The molecule has 0 saturated heterocycles. The van der Waals surface area contributed by atoms with Gasteiger partial charge in [0.25, 0.3) is 20.2 Å². The largest absolute Gasteiger partial charge is 0.416 e. The van der Waals surface area contributed by atoms with Gasteiger partial charge in [-0.1, -0.05) is 6.92 Å². The highest BCUT2D eigenvalue weighted by atomic mass is 32.2. The van der Waals surface area contributed by atoms with E-state index in [2.05, 4.69) is 0 Å². The normalized spacial score (nSPS) is 15.3. The average Bonchev–Trinajstić information content (AvgIpc) is 2.70. The van der Waals surface area contributed by atoms with Crippen molar-refractivity contribution >= 4 is 20.2 Å². The van der Waals surface area contributed by atoms with Gasteiger partial charge in [-0.3, -0.25) is 8.37 Å². The Morgan fingerprint density at radius 1 is 0.697 bits per heavy atom. The molecule has 14 heteroatoms. The number of hydrogen-bond donors (Lipinski definition) is 0. The Morgan fingerprint density at radius 3 is 1.33 bits per heavy atom. The summed E-state index contributed by atoms with van der Waals surface area (Å²) in [6.07, 6.45) is -12.2. The molecule has 2 aromatic rings. The molecule has 0 fully saturated rings. The van der Waals surface area contributed by atoms with Crippen LogP contribution in [0.5, 0.6) is 0 Å². The van der Waals surface area contributed by atoms with E-state index in [1.165, 1.54) is 6.92 Å². The molecule has 0 heterocycles. The van der Waals surface area contributed by atoms with E-state index in [1.807, 2.05) is 0 Å². The molecule has 33 heavy (non-hydrogen) atoms. The summed E-state index contributed by atoms with van der Waals surface area (Å²) in [5.74, 6) is 0. The van der Waals surface area contributed by atoms with Crippen LogP contribution in [-0.4, -0.2) is 29.0 Å². The molecule has 0 aliphatic rings.